The molecule has 2 aromatic carbocycles. The number of carbonyl (C=O) groups excluding carboxylic acids is 2. The Morgan fingerprint density at radius 2 is 1.75 bits per heavy atom. The first kappa shape index (κ1) is 28.0. The molecule has 1 aromatic heterocycles. The molecule has 5 rings (SSSR count). The lowest BCUT2D eigenvalue weighted by atomic mass is 9.71. The van der Waals surface area contributed by atoms with E-state index in [0.717, 1.165) is 49.7 Å². The largest absolute Gasteiger partial charge is 0.332 e. The van der Waals surface area contributed by atoms with Gasteiger partial charge in [0.25, 0.3) is 5.91 Å². The summed E-state index contributed by atoms with van der Waals surface area (Å²) >= 11 is 0. The van der Waals surface area contributed by atoms with Crippen molar-refractivity contribution in [1.29, 1.82) is 0 Å². The molecule has 0 spiro atoms. The summed E-state index contributed by atoms with van der Waals surface area (Å²) < 4.78 is 0. The van der Waals surface area contributed by atoms with E-state index in [2.05, 4.69) is 89.7 Å². The standard InChI is InChI=1S/C32H42N6O2/c1-20(2)22-8-6-21(7-9-22)18-29(39)38(26-14-12-25(13-15-26)32(3,4)5)28-17-11-23-19-24(10-16-27(23)28)30(40)33-31-34-36-37-35-31/h6-10,16,19-20,25-26,28H,11-15,17-18H2,1-5H3,(H2,33,34,35,36,37,40)/t25-,26-,28?. The molecule has 40 heavy (non-hydrogen) atoms. The molecule has 1 heterocycles. The fourth-order valence-corrected chi connectivity index (χ4v) is 6.56. The smallest absolute Gasteiger partial charge is 0.258 e. The second-order valence-electron chi connectivity index (χ2n) is 12.9. The molecule has 1 atom stereocenters. The van der Waals surface area contributed by atoms with E-state index in [4.69, 9.17) is 0 Å². The van der Waals surface area contributed by atoms with Gasteiger partial charge in [-0.25, -0.2) is 5.10 Å². The van der Waals surface area contributed by atoms with Crippen molar-refractivity contribution < 1.29 is 9.59 Å². The van der Waals surface area contributed by atoms with Crippen molar-refractivity contribution in [3.63, 3.8) is 0 Å². The van der Waals surface area contributed by atoms with Gasteiger partial charge >= 0.3 is 0 Å². The van der Waals surface area contributed by atoms with E-state index in [1.165, 1.54) is 11.1 Å². The molecule has 2 aliphatic carbocycles. The van der Waals surface area contributed by atoms with Gasteiger partial charge in [-0.3, -0.25) is 14.9 Å². The summed E-state index contributed by atoms with van der Waals surface area (Å²) in [6.07, 6.45) is 6.51. The molecular formula is C32H42N6O2. The molecule has 0 saturated heterocycles. The van der Waals surface area contributed by atoms with Crippen molar-refractivity contribution in [1.82, 2.24) is 25.5 Å². The Balaban J connectivity index is 1.38. The van der Waals surface area contributed by atoms with E-state index in [9.17, 15) is 9.59 Å². The van der Waals surface area contributed by atoms with Crippen LogP contribution in [-0.2, 0) is 17.6 Å². The van der Waals surface area contributed by atoms with Crippen LogP contribution < -0.4 is 5.32 Å². The van der Waals surface area contributed by atoms with Gasteiger partial charge in [0, 0.05) is 11.6 Å². The Morgan fingerprint density at radius 1 is 1.02 bits per heavy atom. The van der Waals surface area contributed by atoms with Gasteiger partial charge in [-0.15, -0.1) is 0 Å². The molecule has 212 valence electrons. The van der Waals surface area contributed by atoms with Crippen LogP contribution in [0.4, 0.5) is 5.95 Å². The fraction of sp³-hybridized carbons (Fsp3) is 0.531. The van der Waals surface area contributed by atoms with Crippen LogP contribution in [0.2, 0.25) is 0 Å². The van der Waals surface area contributed by atoms with E-state index >= 15 is 0 Å². The number of nitrogens with zero attached hydrogens (tertiary/aromatic N) is 4. The zero-order valence-corrected chi connectivity index (χ0v) is 24.4. The number of aromatic nitrogens is 4. The molecule has 8 heteroatoms. The topological polar surface area (TPSA) is 104 Å². The van der Waals surface area contributed by atoms with Crippen LogP contribution in [0.5, 0.6) is 0 Å². The van der Waals surface area contributed by atoms with E-state index in [1.54, 1.807) is 0 Å². The minimum absolute atomic E-state index is 0.0317. The second kappa shape index (κ2) is 11.5. The number of hydrogen-bond acceptors (Lipinski definition) is 5. The summed E-state index contributed by atoms with van der Waals surface area (Å²) in [7, 11) is 0. The van der Waals surface area contributed by atoms with Crippen molar-refractivity contribution in [2.45, 2.75) is 97.6 Å². The molecule has 1 unspecified atom stereocenters. The quantitative estimate of drug-likeness (QED) is 0.368. The minimum atomic E-state index is -0.261. The second-order valence-corrected chi connectivity index (χ2v) is 12.9. The van der Waals surface area contributed by atoms with Gasteiger partial charge in [0.15, 0.2) is 0 Å². The third kappa shape index (κ3) is 6.11. The maximum Gasteiger partial charge on any atom is 0.258 e. The number of benzene rings is 2. The predicted molar refractivity (Wildman–Crippen MR) is 156 cm³/mol. The highest BCUT2D eigenvalue weighted by Gasteiger charge is 2.39. The van der Waals surface area contributed by atoms with Crippen molar-refractivity contribution in [3.05, 3.63) is 70.3 Å². The highest BCUT2D eigenvalue weighted by molar-refractivity contribution is 6.03. The van der Waals surface area contributed by atoms with E-state index in [0.29, 0.717) is 23.8 Å². The summed E-state index contributed by atoms with van der Waals surface area (Å²) in [5.74, 6) is 1.30. The monoisotopic (exact) mass is 542 g/mol. The molecule has 0 radical (unpaired) electrons. The van der Waals surface area contributed by atoms with Crippen molar-refractivity contribution >= 4 is 17.8 Å². The zero-order chi connectivity index (χ0) is 28.4. The summed E-state index contributed by atoms with van der Waals surface area (Å²) in [6.45, 7) is 11.4. The molecule has 0 aliphatic heterocycles. The Morgan fingerprint density at radius 3 is 2.38 bits per heavy atom. The van der Waals surface area contributed by atoms with Crippen LogP contribution in [-0.4, -0.2) is 43.4 Å². The molecule has 1 fully saturated rings. The number of nitrogens with one attached hydrogen (secondary N) is 2. The Hall–Kier alpha value is -3.55. The number of amides is 2. The number of hydrogen-bond donors (Lipinski definition) is 2. The number of anilines is 1. The average Bonchev–Trinajstić information content (AvgIpc) is 3.59. The van der Waals surface area contributed by atoms with Crippen LogP contribution in [0, 0.1) is 11.3 Å². The Labute approximate surface area is 237 Å². The SMILES string of the molecule is CC(C)c1ccc(CC(=O)N(C2CCc3cc(C(=O)Nc4nnn[nH]4)ccc32)[C@H]2CC[C@H](C(C)(C)C)CC2)cc1. The highest BCUT2D eigenvalue weighted by atomic mass is 16.2. The Kier molecular flexibility index (Phi) is 8.06. The summed E-state index contributed by atoms with van der Waals surface area (Å²) in [6, 6.07) is 14.6. The lowest BCUT2D eigenvalue weighted by Gasteiger charge is -2.43. The fourth-order valence-electron chi connectivity index (χ4n) is 6.56. The van der Waals surface area contributed by atoms with Crippen LogP contribution in [0.1, 0.15) is 111 Å². The molecule has 2 N–H and O–H groups in total. The average molecular weight is 543 g/mol. The summed E-state index contributed by atoms with van der Waals surface area (Å²) in [5, 5.41) is 16.0. The number of H-pyrrole nitrogens is 1. The van der Waals surface area contributed by atoms with Gasteiger partial charge < -0.3 is 4.90 Å². The maximum absolute atomic E-state index is 14.1. The Bertz CT molecular complexity index is 1320. The number of rotatable bonds is 7. The summed E-state index contributed by atoms with van der Waals surface area (Å²) in [4.78, 5) is 29.1. The molecule has 1 saturated carbocycles. The van der Waals surface area contributed by atoms with Crippen LogP contribution in [0.3, 0.4) is 0 Å². The molecule has 8 nitrogen and oxygen atoms in total. The molecule has 2 aliphatic rings. The molecular weight excluding hydrogens is 500 g/mol. The first-order valence-corrected chi connectivity index (χ1v) is 14.7. The highest BCUT2D eigenvalue weighted by Crippen LogP contribution is 2.44. The first-order valence-electron chi connectivity index (χ1n) is 14.7. The lowest BCUT2D eigenvalue weighted by Crippen LogP contribution is -2.45. The van der Waals surface area contributed by atoms with E-state index < -0.39 is 0 Å². The predicted octanol–water partition coefficient (Wildman–Crippen LogP) is 6.24. The third-order valence-corrected chi connectivity index (χ3v) is 8.97. The third-order valence-electron chi connectivity index (χ3n) is 8.97. The van der Waals surface area contributed by atoms with Crippen LogP contribution in [0.15, 0.2) is 42.5 Å². The number of tetrazole rings is 1. The van der Waals surface area contributed by atoms with Crippen molar-refractivity contribution in [2.24, 2.45) is 11.3 Å². The van der Waals surface area contributed by atoms with E-state index in [-0.39, 0.29) is 35.3 Å². The normalized spacial score (nSPS) is 20.8. The van der Waals surface area contributed by atoms with Gasteiger partial charge in [-0.05, 0) is 101 Å². The lowest BCUT2D eigenvalue weighted by molar-refractivity contribution is -0.137. The van der Waals surface area contributed by atoms with Gasteiger partial charge in [0.1, 0.15) is 0 Å². The number of aryl methyl sites for hydroxylation is 1. The molecule has 0 bridgehead atoms. The van der Waals surface area contributed by atoms with Gasteiger partial charge in [-0.2, -0.15) is 0 Å². The van der Waals surface area contributed by atoms with Crippen LogP contribution >= 0.6 is 0 Å². The zero-order valence-electron chi connectivity index (χ0n) is 24.4. The van der Waals surface area contributed by atoms with Gasteiger partial charge in [0.2, 0.25) is 11.9 Å². The van der Waals surface area contributed by atoms with Gasteiger partial charge in [0.05, 0.1) is 12.5 Å². The molecule has 2 amide bonds. The number of fused-ring (bicyclic) bond motifs is 1. The van der Waals surface area contributed by atoms with E-state index in [1.807, 2.05) is 18.2 Å². The first-order chi connectivity index (χ1) is 19.1. The minimum Gasteiger partial charge on any atom is -0.332 e. The van der Waals surface area contributed by atoms with Crippen LogP contribution in [0.25, 0.3) is 0 Å². The van der Waals surface area contributed by atoms with Crippen molar-refractivity contribution in [2.75, 3.05) is 5.32 Å². The molecule has 3 aromatic rings. The van der Waals surface area contributed by atoms with Crippen molar-refractivity contribution in [3.8, 4) is 0 Å². The van der Waals surface area contributed by atoms with Gasteiger partial charge in [-0.1, -0.05) is 70.0 Å². The number of carbonyl (C=O) groups is 2. The summed E-state index contributed by atoms with van der Waals surface area (Å²) in [5.41, 5.74) is 5.50. The maximum atomic E-state index is 14.1. The number of aromatic amines is 1.